The molecular weight excluding hydrogens is 763 g/mol. The van der Waals surface area contributed by atoms with Gasteiger partial charge in [-0.05, 0) is 83.5 Å². The number of aliphatic carboxylic acids is 1. The number of rotatable bonds is 42. The summed E-state index contributed by atoms with van der Waals surface area (Å²) in [5, 5.41) is 11.6. The SMILES string of the molecule is CC/C=C/C/C=C/C/C=C/C/C=C/CCCCCCCCCCCCC(=O)OCC(COCCC(C(=O)[O-])[N+](C)(C)C)OC(=O)CCCCCC/C=C/C/C=C/C/C=C/CC. The van der Waals surface area contributed by atoms with Crippen LogP contribution in [0.25, 0.3) is 0 Å². The Bertz CT molecular complexity index is 1270. The van der Waals surface area contributed by atoms with Crippen LogP contribution in [0.5, 0.6) is 0 Å². The first-order valence-electron chi connectivity index (χ1n) is 24.1. The number of nitrogens with zero attached hydrogens (tertiary/aromatic N) is 1. The van der Waals surface area contributed by atoms with Gasteiger partial charge in [0.15, 0.2) is 6.10 Å². The van der Waals surface area contributed by atoms with Gasteiger partial charge in [-0.25, -0.2) is 0 Å². The number of hydrogen-bond acceptors (Lipinski definition) is 7. The normalized spacial score (nSPS) is 13.7. The summed E-state index contributed by atoms with van der Waals surface area (Å²) in [7, 11) is 5.39. The van der Waals surface area contributed by atoms with Crippen LogP contribution in [0.1, 0.15) is 181 Å². The molecule has 0 bridgehead atoms. The van der Waals surface area contributed by atoms with Gasteiger partial charge in [-0.1, -0.05) is 163 Å². The zero-order chi connectivity index (χ0) is 44.9. The summed E-state index contributed by atoms with van der Waals surface area (Å²) in [6, 6.07) is -0.735. The number of carboxylic acid groups (broad SMARTS) is 1. The molecule has 0 aromatic rings. The Morgan fingerprint density at radius 3 is 1.28 bits per heavy atom. The first kappa shape index (κ1) is 57.5. The number of unbranched alkanes of at least 4 members (excludes halogenated alkanes) is 14. The van der Waals surface area contributed by atoms with Crippen LogP contribution in [-0.4, -0.2) is 75.5 Å². The van der Waals surface area contributed by atoms with Crippen LogP contribution < -0.4 is 5.11 Å². The van der Waals surface area contributed by atoms with Gasteiger partial charge in [-0.2, -0.15) is 0 Å². The molecule has 0 spiro atoms. The van der Waals surface area contributed by atoms with Crippen molar-refractivity contribution in [2.45, 2.75) is 193 Å². The number of ether oxygens (including phenoxy) is 3. The second-order valence-corrected chi connectivity index (χ2v) is 16.9. The van der Waals surface area contributed by atoms with E-state index in [1.807, 2.05) is 0 Å². The van der Waals surface area contributed by atoms with Crippen LogP contribution in [0, 0.1) is 0 Å². The van der Waals surface area contributed by atoms with E-state index >= 15 is 0 Å². The van der Waals surface area contributed by atoms with E-state index in [2.05, 4.69) is 98.9 Å². The molecule has 348 valence electrons. The second kappa shape index (κ2) is 43.2. The van der Waals surface area contributed by atoms with Crippen molar-refractivity contribution in [3.05, 3.63) is 85.1 Å². The lowest BCUT2D eigenvalue weighted by Gasteiger charge is -2.34. The van der Waals surface area contributed by atoms with Crippen LogP contribution in [0.4, 0.5) is 0 Å². The number of likely N-dealkylation sites (N-methyl/N-ethyl adjacent to an activating group) is 1. The maximum Gasteiger partial charge on any atom is 0.306 e. The molecule has 61 heavy (non-hydrogen) atoms. The van der Waals surface area contributed by atoms with E-state index in [1.54, 1.807) is 21.1 Å². The summed E-state index contributed by atoms with van der Waals surface area (Å²) in [6.07, 6.45) is 56.1. The van der Waals surface area contributed by atoms with Crippen molar-refractivity contribution < 1.29 is 38.2 Å². The predicted molar refractivity (Wildman–Crippen MR) is 254 cm³/mol. The van der Waals surface area contributed by atoms with E-state index in [-0.39, 0.29) is 42.7 Å². The molecule has 8 heteroatoms. The average Bonchev–Trinajstić information content (AvgIpc) is 3.22. The molecule has 0 aromatic heterocycles. The number of carboxylic acids is 1. The highest BCUT2D eigenvalue weighted by atomic mass is 16.6. The lowest BCUT2D eigenvalue weighted by molar-refractivity contribution is -0.889. The number of allylic oxidation sites excluding steroid dienone is 14. The number of carbonyl (C=O) groups is 3. The zero-order valence-electron chi connectivity index (χ0n) is 39.5. The van der Waals surface area contributed by atoms with E-state index in [0.717, 1.165) is 96.3 Å². The van der Waals surface area contributed by atoms with E-state index in [0.29, 0.717) is 12.8 Å². The molecule has 0 saturated heterocycles. The fraction of sp³-hybridized carbons (Fsp3) is 0.679. The van der Waals surface area contributed by atoms with Crippen molar-refractivity contribution in [2.75, 3.05) is 41.0 Å². The standard InChI is InChI=1S/C53H89NO7/c1-6-8-10-12-14-16-18-20-22-23-24-25-26-27-28-29-30-32-33-35-37-39-41-43-51(55)60-48-49(47-59-46-45-50(53(57)58)54(3,4)5)61-52(56)44-42-40-38-36-34-31-21-19-17-15-13-11-9-7-2/h8-11,14-17,20-22,24-25,31,49-50H,6-7,12-13,18-19,23,26-30,32-48H2,1-5H3/b10-8+,11-9+,16-14+,17-15+,22-20+,25-24+,31-21+. The van der Waals surface area contributed by atoms with E-state index in [9.17, 15) is 19.5 Å². The van der Waals surface area contributed by atoms with Gasteiger partial charge >= 0.3 is 11.9 Å². The first-order chi connectivity index (χ1) is 29.6. The Kier molecular flexibility index (Phi) is 40.7. The van der Waals surface area contributed by atoms with Crippen LogP contribution in [0.3, 0.4) is 0 Å². The van der Waals surface area contributed by atoms with E-state index in [1.165, 1.54) is 51.4 Å². The number of carbonyl (C=O) groups excluding carboxylic acids is 3. The van der Waals surface area contributed by atoms with Gasteiger partial charge in [0.05, 0.1) is 40.3 Å². The minimum atomic E-state index is -1.13. The number of quaternary nitrogens is 1. The molecule has 0 aliphatic carbocycles. The van der Waals surface area contributed by atoms with Crippen molar-refractivity contribution in [1.82, 2.24) is 0 Å². The Morgan fingerprint density at radius 2 is 0.869 bits per heavy atom. The monoisotopic (exact) mass is 852 g/mol. The van der Waals surface area contributed by atoms with Gasteiger partial charge in [0.25, 0.3) is 0 Å². The van der Waals surface area contributed by atoms with Crippen LogP contribution in [0.2, 0.25) is 0 Å². The zero-order valence-corrected chi connectivity index (χ0v) is 39.5. The highest BCUT2D eigenvalue weighted by Crippen LogP contribution is 2.14. The van der Waals surface area contributed by atoms with Gasteiger partial charge in [-0.15, -0.1) is 0 Å². The molecule has 2 unspecified atom stereocenters. The maximum absolute atomic E-state index is 12.7. The Balaban J connectivity index is 4.27. The van der Waals surface area contributed by atoms with E-state index < -0.39 is 18.1 Å². The Hall–Kier alpha value is -3.49. The van der Waals surface area contributed by atoms with Gasteiger partial charge < -0.3 is 28.6 Å². The van der Waals surface area contributed by atoms with Crippen LogP contribution in [0.15, 0.2) is 85.1 Å². The van der Waals surface area contributed by atoms with Gasteiger partial charge in [0.2, 0.25) is 0 Å². The summed E-state index contributed by atoms with van der Waals surface area (Å²) >= 11 is 0. The Labute approximate surface area is 373 Å². The lowest BCUT2D eigenvalue weighted by Crippen LogP contribution is -2.55. The van der Waals surface area contributed by atoms with Crippen LogP contribution in [-0.2, 0) is 28.6 Å². The molecule has 8 nitrogen and oxygen atoms in total. The van der Waals surface area contributed by atoms with Gasteiger partial charge in [0.1, 0.15) is 12.6 Å². The highest BCUT2D eigenvalue weighted by molar-refractivity contribution is 5.70. The summed E-state index contributed by atoms with van der Waals surface area (Å²) < 4.78 is 17.2. The third kappa shape index (κ3) is 41.6. The smallest absolute Gasteiger partial charge is 0.306 e. The van der Waals surface area contributed by atoms with Crippen molar-refractivity contribution in [3.63, 3.8) is 0 Å². The first-order valence-corrected chi connectivity index (χ1v) is 24.1. The third-order valence-electron chi connectivity index (χ3n) is 10.3. The summed E-state index contributed by atoms with van der Waals surface area (Å²) in [6.45, 7) is 4.40. The molecule has 0 fully saturated rings. The molecule has 0 heterocycles. The predicted octanol–water partition coefficient (Wildman–Crippen LogP) is 12.4. The minimum Gasteiger partial charge on any atom is -0.544 e. The molecule has 0 saturated carbocycles. The fourth-order valence-electron chi connectivity index (χ4n) is 6.61. The molecule has 2 atom stereocenters. The van der Waals surface area contributed by atoms with E-state index in [4.69, 9.17) is 14.2 Å². The number of hydrogen-bond donors (Lipinski definition) is 0. The van der Waals surface area contributed by atoms with Gasteiger partial charge in [0, 0.05) is 19.3 Å². The molecule has 0 aliphatic heterocycles. The summed E-state index contributed by atoms with van der Waals surface area (Å²) in [4.78, 5) is 36.9. The molecule has 0 aliphatic rings. The molecule has 0 N–H and O–H groups in total. The van der Waals surface area contributed by atoms with Crippen molar-refractivity contribution >= 4 is 17.9 Å². The molecule has 0 aromatic carbocycles. The van der Waals surface area contributed by atoms with Crippen LogP contribution >= 0.6 is 0 Å². The lowest BCUT2D eigenvalue weighted by atomic mass is 10.1. The average molecular weight is 852 g/mol. The molecular formula is C53H89NO7. The van der Waals surface area contributed by atoms with Crippen molar-refractivity contribution in [3.8, 4) is 0 Å². The van der Waals surface area contributed by atoms with Crippen molar-refractivity contribution in [1.29, 1.82) is 0 Å². The summed E-state index contributed by atoms with van der Waals surface area (Å²) in [5.41, 5.74) is 0. The second-order valence-electron chi connectivity index (χ2n) is 16.9. The molecule has 0 radical (unpaired) electrons. The largest absolute Gasteiger partial charge is 0.544 e. The fourth-order valence-corrected chi connectivity index (χ4v) is 6.61. The number of esters is 2. The van der Waals surface area contributed by atoms with Gasteiger partial charge in [-0.3, -0.25) is 9.59 Å². The molecule has 0 rings (SSSR count). The third-order valence-corrected chi connectivity index (χ3v) is 10.3. The maximum atomic E-state index is 12.7. The van der Waals surface area contributed by atoms with Crippen molar-refractivity contribution in [2.24, 2.45) is 0 Å². The topological polar surface area (TPSA) is 102 Å². The summed E-state index contributed by atoms with van der Waals surface area (Å²) in [5.74, 6) is -1.78. The highest BCUT2D eigenvalue weighted by Gasteiger charge is 2.25. The minimum absolute atomic E-state index is 0.0260. The Morgan fingerprint density at radius 1 is 0.492 bits per heavy atom. The quantitative estimate of drug-likeness (QED) is 0.0261. The molecule has 0 amide bonds.